The van der Waals surface area contributed by atoms with Crippen LogP contribution in [0.5, 0.6) is 0 Å². The van der Waals surface area contributed by atoms with Crippen LogP contribution in [-0.4, -0.2) is 50.7 Å². The van der Waals surface area contributed by atoms with Gasteiger partial charge >= 0.3 is 5.97 Å². The van der Waals surface area contributed by atoms with Gasteiger partial charge in [0.05, 0.1) is 27.1 Å². The highest BCUT2D eigenvalue weighted by atomic mass is 16.5. The zero-order valence-corrected chi connectivity index (χ0v) is 12.2. The van der Waals surface area contributed by atoms with Crippen LogP contribution >= 0.6 is 0 Å². The zero-order valence-electron chi connectivity index (χ0n) is 12.2. The van der Waals surface area contributed by atoms with E-state index in [4.69, 9.17) is 10.5 Å². The third-order valence-corrected chi connectivity index (χ3v) is 2.96. The third-order valence-electron chi connectivity index (χ3n) is 2.96. The molecule has 0 fully saturated rings. The van der Waals surface area contributed by atoms with Crippen LogP contribution in [0.3, 0.4) is 0 Å². The van der Waals surface area contributed by atoms with E-state index in [1.807, 2.05) is 28.1 Å². The predicted molar refractivity (Wildman–Crippen MR) is 70.6 cm³/mol. The largest absolute Gasteiger partial charge is 0.459 e. The summed E-state index contributed by atoms with van der Waals surface area (Å²) in [6.45, 7) is 4.83. The predicted octanol–water partition coefficient (Wildman–Crippen LogP) is 0.774. The van der Waals surface area contributed by atoms with E-state index in [-0.39, 0.29) is 23.7 Å². The molecule has 2 N–H and O–H groups in total. The molecule has 5 nitrogen and oxygen atoms in total. The van der Waals surface area contributed by atoms with Gasteiger partial charge in [0.1, 0.15) is 13.2 Å². The summed E-state index contributed by atoms with van der Waals surface area (Å²) in [6, 6.07) is 0. The van der Waals surface area contributed by atoms with Gasteiger partial charge in [-0.3, -0.25) is 9.59 Å². The smallest absolute Gasteiger partial charge is 0.309 e. The Morgan fingerprint density at radius 3 is 2.22 bits per heavy atom. The molecule has 18 heavy (non-hydrogen) atoms. The van der Waals surface area contributed by atoms with Crippen molar-refractivity contribution in [2.75, 3.05) is 34.3 Å². The first-order valence-electron chi connectivity index (χ1n) is 6.43. The number of hydrogen-bond acceptors (Lipinski definition) is 3. The van der Waals surface area contributed by atoms with Gasteiger partial charge < -0.3 is 15.0 Å². The first-order chi connectivity index (χ1) is 8.17. The maximum absolute atomic E-state index is 11.8. The number of amides is 1. The molecule has 0 spiro atoms. The number of hydrogen-bond donors (Lipinski definition) is 1. The Balaban J connectivity index is 4.15. The van der Waals surface area contributed by atoms with Gasteiger partial charge in [0.2, 0.25) is 5.91 Å². The molecule has 5 heteroatoms. The number of primary amides is 1. The van der Waals surface area contributed by atoms with Crippen molar-refractivity contribution in [1.82, 2.24) is 0 Å². The molecule has 2 unspecified atom stereocenters. The van der Waals surface area contributed by atoms with Gasteiger partial charge in [-0.05, 0) is 12.8 Å². The quantitative estimate of drug-likeness (QED) is 0.517. The number of carbonyl (C=O) groups is 2. The molecule has 0 radical (unpaired) electrons. The Labute approximate surface area is 110 Å². The first-order valence-corrected chi connectivity index (χ1v) is 6.43. The molecule has 0 heterocycles. The fourth-order valence-corrected chi connectivity index (χ4v) is 1.51. The lowest BCUT2D eigenvalue weighted by atomic mass is 9.93. The molecule has 0 rings (SSSR count). The lowest BCUT2D eigenvalue weighted by Crippen LogP contribution is -2.38. The maximum atomic E-state index is 11.8. The number of esters is 1. The number of nitrogens with zero attached hydrogens (tertiary/aromatic N) is 1. The Kier molecular flexibility index (Phi) is 6.91. The normalized spacial score (nSPS) is 14.9. The molecule has 0 saturated carbocycles. The monoisotopic (exact) mass is 259 g/mol. The molecule has 0 saturated heterocycles. The van der Waals surface area contributed by atoms with E-state index < -0.39 is 0 Å². The zero-order chi connectivity index (χ0) is 14.3. The lowest BCUT2D eigenvalue weighted by molar-refractivity contribution is -0.870. The van der Waals surface area contributed by atoms with Gasteiger partial charge in [-0.2, -0.15) is 0 Å². The van der Waals surface area contributed by atoms with Crippen molar-refractivity contribution >= 4 is 11.9 Å². The van der Waals surface area contributed by atoms with Crippen molar-refractivity contribution in [1.29, 1.82) is 0 Å². The van der Waals surface area contributed by atoms with Crippen molar-refractivity contribution in [2.24, 2.45) is 17.6 Å². The van der Waals surface area contributed by atoms with Crippen LogP contribution in [0.25, 0.3) is 0 Å². The van der Waals surface area contributed by atoms with E-state index in [1.54, 1.807) is 6.92 Å². The van der Waals surface area contributed by atoms with Crippen LogP contribution in [0.1, 0.15) is 26.7 Å². The third kappa shape index (κ3) is 7.27. The van der Waals surface area contributed by atoms with E-state index in [0.717, 1.165) is 11.0 Å². The molecule has 0 aliphatic carbocycles. The van der Waals surface area contributed by atoms with E-state index in [2.05, 4.69) is 0 Å². The minimum Gasteiger partial charge on any atom is -0.459 e. The van der Waals surface area contributed by atoms with Crippen LogP contribution in [0.2, 0.25) is 0 Å². The molecule has 2 atom stereocenters. The van der Waals surface area contributed by atoms with Gasteiger partial charge in [0.15, 0.2) is 0 Å². The van der Waals surface area contributed by atoms with Gasteiger partial charge in [0.25, 0.3) is 0 Å². The van der Waals surface area contributed by atoms with Crippen molar-refractivity contribution in [3.63, 3.8) is 0 Å². The summed E-state index contributed by atoms with van der Waals surface area (Å²) in [7, 11) is 6.13. The first kappa shape index (κ1) is 16.9. The molecule has 106 valence electrons. The standard InChI is InChI=1S/C13H26N2O3/c1-6-11(9-10(2)12(14)16)13(17)18-8-7-15(3,4)5/h10-11H,6-9H2,1-5H3,(H-,14,16)/p+1. The van der Waals surface area contributed by atoms with E-state index in [0.29, 0.717) is 19.4 Å². The SMILES string of the molecule is CCC(CC(C)C(N)=O)C(=O)OCC[N+](C)(C)C. The number of quaternary nitrogens is 1. The van der Waals surface area contributed by atoms with Crippen LogP contribution < -0.4 is 5.73 Å². The fraction of sp³-hybridized carbons (Fsp3) is 0.846. The molecule has 0 bridgehead atoms. The van der Waals surface area contributed by atoms with Crippen LogP contribution in [0.15, 0.2) is 0 Å². The van der Waals surface area contributed by atoms with E-state index in [9.17, 15) is 9.59 Å². The van der Waals surface area contributed by atoms with Crippen LogP contribution in [-0.2, 0) is 14.3 Å². The van der Waals surface area contributed by atoms with Crippen molar-refractivity contribution in [2.45, 2.75) is 26.7 Å². The van der Waals surface area contributed by atoms with Crippen molar-refractivity contribution in [3.05, 3.63) is 0 Å². The molecule has 1 amide bonds. The summed E-state index contributed by atoms with van der Waals surface area (Å²) in [6.07, 6.45) is 1.13. The number of likely N-dealkylation sites (N-methyl/N-ethyl adjacent to an activating group) is 1. The van der Waals surface area contributed by atoms with Crippen molar-refractivity contribution in [3.8, 4) is 0 Å². The van der Waals surface area contributed by atoms with Crippen molar-refractivity contribution < 1.29 is 18.8 Å². The second-order valence-electron chi connectivity index (χ2n) is 5.83. The summed E-state index contributed by atoms with van der Waals surface area (Å²) in [5.41, 5.74) is 5.20. The number of nitrogens with two attached hydrogens (primary N) is 1. The molecule has 0 aromatic carbocycles. The van der Waals surface area contributed by atoms with E-state index in [1.165, 1.54) is 0 Å². The highest BCUT2D eigenvalue weighted by Gasteiger charge is 2.23. The van der Waals surface area contributed by atoms with Gasteiger partial charge in [-0.25, -0.2) is 0 Å². The second-order valence-corrected chi connectivity index (χ2v) is 5.83. The van der Waals surface area contributed by atoms with Crippen LogP contribution in [0, 0.1) is 11.8 Å². The summed E-state index contributed by atoms with van der Waals surface area (Å²) in [5.74, 6) is -1.12. The summed E-state index contributed by atoms with van der Waals surface area (Å²) in [5, 5.41) is 0. The molecular formula is C13H27N2O3+. The second kappa shape index (κ2) is 7.36. The lowest BCUT2D eigenvalue weighted by Gasteiger charge is -2.24. The van der Waals surface area contributed by atoms with Crippen LogP contribution in [0.4, 0.5) is 0 Å². The average molecular weight is 259 g/mol. The number of ether oxygens (including phenoxy) is 1. The minimum absolute atomic E-state index is 0.223. The highest BCUT2D eigenvalue weighted by molar-refractivity contribution is 5.78. The Hall–Kier alpha value is -1.10. The summed E-state index contributed by atoms with van der Waals surface area (Å²) < 4.78 is 6.00. The summed E-state index contributed by atoms with van der Waals surface area (Å²) >= 11 is 0. The molecular weight excluding hydrogens is 232 g/mol. The van der Waals surface area contributed by atoms with Gasteiger partial charge in [-0.1, -0.05) is 13.8 Å². The number of rotatable bonds is 8. The van der Waals surface area contributed by atoms with Gasteiger partial charge in [-0.15, -0.1) is 0 Å². The van der Waals surface area contributed by atoms with Gasteiger partial charge in [0, 0.05) is 5.92 Å². The topological polar surface area (TPSA) is 69.4 Å². The molecule has 0 aromatic rings. The maximum Gasteiger partial charge on any atom is 0.309 e. The summed E-state index contributed by atoms with van der Waals surface area (Å²) in [4.78, 5) is 22.8. The minimum atomic E-state index is -0.368. The Morgan fingerprint density at radius 2 is 1.83 bits per heavy atom. The number of carbonyl (C=O) groups excluding carboxylic acids is 2. The Morgan fingerprint density at radius 1 is 1.28 bits per heavy atom. The highest BCUT2D eigenvalue weighted by Crippen LogP contribution is 2.17. The molecule has 0 aromatic heterocycles. The van der Waals surface area contributed by atoms with E-state index >= 15 is 0 Å². The average Bonchev–Trinajstić information content (AvgIpc) is 2.23. The fourth-order valence-electron chi connectivity index (χ4n) is 1.51. The molecule has 0 aliphatic heterocycles. The molecule has 0 aliphatic rings. The Bertz CT molecular complexity index is 284.